The fourth-order valence-corrected chi connectivity index (χ4v) is 2.50. The number of nitrogens with zero attached hydrogens (tertiary/aromatic N) is 1. The van der Waals surface area contributed by atoms with Crippen molar-refractivity contribution in [1.82, 2.24) is 5.06 Å². The molecule has 0 bridgehead atoms. The molecule has 0 N–H and O–H groups in total. The molecule has 102 valence electrons. The van der Waals surface area contributed by atoms with Crippen LogP contribution in [0, 0.1) is 0 Å². The zero-order valence-corrected chi connectivity index (χ0v) is 11.4. The van der Waals surface area contributed by atoms with Crippen LogP contribution in [0.4, 0.5) is 0 Å². The highest BCUT2D eigenvalue weighted by atomic mass is 16.7. The van der Waals surface area contributed by atoms with Gasteiger partial charge in [-0.2, -0.15) is 0 Å². The molecular formula is C16H15NO3. The smallest absolute Gasteiger partial charge is 0.278 e. The zero-order chi connectivity index (χ0) is 14.1. The highest BCUT2D eigenvalue weighted by Crippen LogP contribution is 2.33. The van der Waals surface area contributed by atoms with Gasteiger partial charge < -0.3 is 4.74 Å². The summed E-state index contributed by atoms with van der Waals surface area (Å²) in [5.41, 5.74) is 3.83. The Hall–Kier alpha value is -2.33. The van der Waals surface area contributed by atoms with Gasteiger partial charge in [0, 0.05) is 5.56 Å². The van der Waals surface area contributed by atoms with Gasteiger partial charge >= 0.3 is 0 Å². The molecule has 0 radical (unpaired) electrons. The van der Waals surface area contributed by atoms with Crippen molar-refractivity contribution in [3.63, 3.8) is 0 Å². The van der Waals surface area contributed by atoms with Gasteiger partial charge in [-0.05, 0) is 34.9 Å². The second kappa shape index (κ2) is 4.98. The number of rotatable bonds is 3. The number of carbonyl (C=O) groups is 1. The Morgan fingerprint density at radius 2 is 1.70 bits per heavy atom. The number of hydroxylamine groups is 2. The van der Waals surface area contributed by atoms with Gasteiger partial charge in [0.25, 0.3) is 5.91 Å². The Labute approximate surface area is 117 Å². The second-order valence-corrected chi connectivity index (χ2v) is 4.58. The predicted molar refractivity (Wildman–Crippen MR) is 75.3 cm³/mol. The minimum Gasteiger partial charge on any atom is -0.497 e. The van der Waals surface area contributed by atoms with Crippen LogP contribution in [-0.4, -0.2) is 25.2 Å². The molecule has 1 aliphatic rings. The molecule has 1 heterocycles. The van der Waals surface area contributed by atoms with Crippen LogP contribution in [-0.2, 0) is 11.4 Å². The van der Waals surface area contributed by atoms with E-state index in [0.29, 0.717) is 12.1 Å². The summed E-state index contributed by atoms with van der Waals surface area (Å²) in [4.78, 5) is 17.2. The summed E-state index contributed by atoms with van der Waals surface area (Å²) in [6.45, 7) is 0.479. The molecule has 20 heavy (non-hydrogen) atoms. The molecule has 2 aromatic carbocycles. The number of carbonyl (C=O) groups excluding carboxylic acids is 1. The molecule has 0 unspecified atom stereocenters. The molecule has 4 heteroatoms. The summed E-state index contributed by atoms with van der Waals surface area (Å²) in [7, 11) is 3.15. The first-order valence-electron chi connectivity index (χ1n) is 6.37. The quantitative estimate of drug-likeness (QED) is 0.860. The van der Waals surface area contributed by atoms with E-state index in [2.05, 4.69) is 0 Å². The highest BCUT2D eigenvalue weighted by molar-refractivity contribution is 5.99. The number of amides is 1. The maximum Gasteiger partial charge on any atom is 0.278 e. The SMILES string of the molecule is COc1ccc(-c2cccc3c2CN(OC)C3=O)cc1. The first kappa shape index (κ1) is 12.7. The van der Waals surface area contributed by atoms with Crippen molar-refractivity contribution in [3.05, 3.63) is 53.6 Å². The van der Waals surface area contributed by atoms with E-state index >= 15 is 0 Å². The van der Waals surface area contributed by atoms with Crippen LogP contribution in [0.15, 0.2) is 42.5 Å². The number of ether oxygens (including phenoxy) is 1. The van der Waals surface area contributed by atoms with E-state index in [9.17, 15) is 4.79 Å². The Morgan fingerprint density at radius 1 is 1.00 bits per heavy atom. The molecular weight excluding hydrogens is 254 g/mol. The molecule has 0 atom stereocenters. The van der Waals surface area contributed by atoms with Crippen molar-refractivity contribution in [3.8, 4) is 16.9 Å². The lowest BCUT2D eigenvalue weighted by atomic mass is 9.97. The fourth-order valence-electron chi connectivity index (χ4n) is 2.50. The van der Waals surface area contributed by atoms with Crippen molar-refractivity contribution >= 4 is 5.91 Å². The highest BCUT2D eigenvalue weighted by Gasteiger charge is 2.29. The van der Waals surface area contributed by atoms with Gasteiger partial charge in [0.15, 0.2) is 0 Å². The summed E-state index contributed by atoms with van der Waals surface area (Å²) in [6.07, 6.45) is 0. The van der Waals surface area contributed by atoms with Crippen molar-refractivity contribution in [2.75, 3.05) is 14.2 Å². The van der Waals surface area contributed by atoms with Crippen molar-refractivity contribution in [2.24, 2.45) is 0 Å². The minimum atomic E-state index is -0.0853. The molecule has 0 saturated heterocycles. The predicted octanol–water partition coefficient (Wildman–Crippen LogP) is 2.88. The Morgan fingerprint density at radius 3 is 2.35 bits per heavy atom. The molecule has 0 saturated carbocycles. The Bertz CT molecular complexity index is 649. The van der Waals surface area contributed by atoms with E-state index in [1.807, 2.05) is 42.5 Å². The van der Waals surface area contributed by atoms with Crippen molar-refractivity contribution < 1.29 is 14.4 Å². The van der Waals surface area contributed by atoms with E-state index in [1.165, 1.54) is 12.2 Å². The second-order valence-electron chi connectivity index (χ2n) is 4.58. The van der Waals surface area contributed by atoms with Gasteiger partial charge in [0.05, 0.1) is 20.8 Å². The van der Waals surface area contributed by atoms with Gasteiger partial charge in [-0.1, -0.05) is 24.3 Å². The third kappa shape index (κ3) is 1.94. The van der Waals surface area contributed by atoms with Gasteiger partial charge in [-0.15, -0.1) is 0 Å². The maximum absolute atomic E-state index is 12.1. The number of hydrogen-bond acceptors (Lipinski definition) is 3. The van der Waals surface area contributed by atoms with E-state index in [4.69, 9.17) is 9.57 Å². The van der Waals surface area contributed by atoms with Crippen LogP contribution >= 0.6 is 0 Å². The Kier molecular flexibility index (Phi) is 3.16. The number of benzene rings is 2. The molecule has 3 rings (SSSR count). The van der Waals surface area contributed by atoms with E-state index in [1.54, 1.807) is 7.11 Å². The van der Waals surface area contributed by atoms with E-state index in [-0.39, 0.29) is 5.91 Å². The first-order valence-corrected chi connectivity index (χ1v) is 6.37. The minimum absolute atomic E-state index is 0.0853. The molecule has 0 fully saturated rings. The van der Waals surface area contributed by atoms with Gasteiger partial charge in [0.2, 0.25) is 0 Å². The zero-order valence-electron chi connectivity index (χ0n) is 11.4. The summed E-state index contributed by atoms with van der Waals surface area (Å²) in [5, 5.41) is 1.37. The summed E-state index contributed by atoms with van der Waals surface area (Å²) < 4.78 is 5.17. The van der Waals surface area contributed by atoms with E-state index in [0.717, 1.165) is 22.4 Å². The molecule has 1 aliphatic heterocycles. The lowest BCUT2D eigenvalue weighted by molar-refractivity contribution is -0.0956. The van der Waals surface area contributed by atoms with Crippen LogP contribution < -0.4 is 4.74 Å². The monoisotopic (exact) mass is 269 g/mol. The molecule has 0 spiro atoms. The standard InChI is InChI=1S/C16H15NO3/c1-19-12-8-6-11(7-9-12)13-4-3-5-14-15(13)10-17(20-2)16(14)18/h3-9H,10H2,1-2H3. The third-order valence-corrected chi connectivity index (χ3v) is 3.56. The average Bonchev–Trinajstić information content (AvgIpc) is 2.84. The molecule has 0 aromatic heterocycles. The maximum atomic E-state index is 12.1. The largest absolute Gasteiger partial charge is 0.497 e. The van der Waals surface area contributed by atoms with Crippen LogP contribution in [0.25, 0.3) is 11.1 Å². The van der Waals surface area contributed by atoms with E-state index < -0.39 is 0 Å². The summed E-state index contributed by atoms with van der Waals surface area (Å²) in [5.74, 6) is 0.730. The average molecular weight is 269 g/mol. The molecule has 0 aliphatic carbocycles. The lowest BCUT2D eigenvalue weighted by Crippen LogP contribution is -2.21. The van der Waals surface area contributed by atoms with Crippen molar-refractivity contribution in [2.45, 2.75) is 6.54 Å². The lowest BCUT2D eigenvalue weighted by Gasteiger charge is -2.11. The number of hydrogen-bond donors (Lipinski definition) is 0. The van der Waals surface area contributed by atoms with Crippen molar-refractivity contribution in [1.29, 1.82) is 0 Å². The van der Waals surface area contributed by atoms with Crippen LogP contribution in [0.3, 0.4) is 0 Å². The third-order valence-electron chi connectivity index (χ3n) is 3.56. The topological polar surface area (TPSA) is 38.8 Å². The van der Waals surface area contributed by atoms with Gasteiger partial charge in [-0.3, -0.25) is 9.63 Å². The van der Waals surface area contributed by atoms with Gasteiger partial charge in [-0.25, -0.2) is 5.06 Å². The fraction of sp³-hybridized carbons (Fsp3) is 0.188. The number of methoxy groups -OCH3 is 1. The Balaban J connectivity index is 2.06. The van der Waals surface area contributed by atoms with Gasteiger partial charge in [0.1, 0.15) is 5.75 Å². The van der Waals surface area contributed by atoms with Crippen LogP contribution in [0.2, 0.25) is 0 Å². The number of fused-ring (bicyclic) bond motifs is 1. The summed E-state index contributed by atoms with van der Waals surface area (Å²) in [6, 6.07) is 13.6. The van der Waals surface area contributed by atoms with Crippen LogP contribution in [0.1, 0.15) is 15.9 Å². The molecule has 4 nitrogen and oxygen atoms in total. The van der Waals surface area contributed by atoms with Crippen LogP contribution in [0.5, 0.6) is 5.75 Å². The normalized spacial score (nSPS) is 13.5. The first-order chi connectivity index (χ1) is 9.74. The molecule has 1 amide bonds. The summed E-state index contributed by atoms with van der Waals surface area (Å²) >= 11 is 0. The molecule has 2 aromatic rings.